The summed E-state index contributed by atoms with van der Waals surface area (Å²) in [6.07, 6.45) is 1.81. The van der Waals surface area contributed by atoms with Gasteiger partial charge in [-0.15, -0.1) is 0 Å². The van der Waals surface area contributed by atoms with Gasteiger partial charge < -0.3 is 5.32 Å². The van der Waals surface area contributed by atoms with Gasteiger partial charge in [0.05, 0.1) is 17.3 Å². The first-order valence-corrected chi connectivity index (χ1v) is 9.63. The smallest absolute Gasteiger partial charge is 0.214 e. The molecule has 1 aliphatic rings. The second-order valence-corrected chi connectivity index (χ2v) is 8.92. The third-order valence-corrected chi connectivity index (χ3v) is 6.66. The van der Waals surface area contributed by atoms with E-state index in [9.17, 15) is 16.8 Å². The fourth-order valence-electron chi connectivity index (χ4n) is 1.91. The Morgan fingerprint density at radius 1 is 1.17 bits per heavy atom. The van der Waals surface area contributed by atoms with Crippen LogP contribution in [0.1, 0.15) is 19.3 Å². The number of nitrogens with zero attached hydrogens (tertiary/aromatic N) is 1. The van der Waals surface area contributed by atoms with Crippen molar-refractivity contribution in [3.8, 4) is 0 Å². The fraction of sp³-hybridized carbons (Fsp3) is 1.00. The van der Waals surface area contributed by atoms with Gasteiger partial charge in [-0.1, -0.05) is 0 Å². The normalized spacial score (nSPS) is 21.6. The molecule has 0 unspecified atom stereocenters. The Morgan fingerprint density at radius 2 is 1.89 bits per heavy atom. The molecule has 18 heavy (non-hydrogen) atoms. The Labute approximate surface area is 110 Å². The maximum Gasteiger partial charge on any atom is 0.214 e. The summed E-state index contributed by atoms with van der Waals surface area (Å²) in [5, 5.41) is 2.97. The molecule has 108 valence electrons. The number of unbranched alkanes of at least 4 members (excludes halogenated alkanes) is 1. The molecular formula is C10H22N2O4S2. The zero-order valence-electron chi connectivity index (χ0n) is 10.8. The van der Waals surface area contributed by atoms with Crippen LogP contribution in [-0.4, -0.2) is 65.1 Å². The second-order valence-electron chi connectivity index (χ2n) is 4.53. The highest BCUT2D eigenvalue weighted by Crippen LogP contribution is 2.11. The van der Waals surface area contributed by atoms with E-state index in [1.54, 1.807) is 0 Å². The van der Waals surface area contributed by atoms with E-state index < -0.39 is 19.9 Å². The molecule has 1 heterocycles. The molecule has 0 aromatic heterocycles. The van der Waals surface area contributed by atoms with Crippen LogP contribution in [-0.2, 0) is 19.9 Å². The van der Waals surface area contributed by atoms with Gasteiger partial charge in [-0.3, -0.25) is 0 Å². The molecule has 1 saturated heterocycles. The molecule has 0 saturated carbocycles. The molecule has 6 nitrogen and oxygen atoms in total. The van der Waals surface area contributed by atoms with Gasteiger partial charge in [-0.05, 0) is 32.9 Å². The van der Waals surface area contributed by atoms with Crippen molar-refractivity contribution in [2.45, 2.75) is 19.3 Å². The van der Waals surface area contributed by atoms with E-state index >= 15 is 0 Å². The van der Waals surface area contributed by atoms with E-state index in [2.05, 4.69) is 5.32 Å². The Morgan fingerprint density at radius 3 is 2.56 bits per heavy atom. The number of rotatable bonds is 6. The highest BCUT2D eigenvalue weighted by molar-refractivity contribution is 7.91. The molecule has 1 fully saturated rings. The van der Waals surface area contributed by atoms with Crippen LogP contribution in [0.25, 0.3) is 0 Å². The van der Waals surface area contributed by atoms with Gasteiger partial charge in [-0.25, -0.2) is 21.1 Å². The van der Waals surface area contributed by atoms with Gasteiger partial charge in [0.2, 0.25) is 10.0 Å². The van der Waals surface area contributed by atoms with Gasteiger partial charge in [-0.2, -0.15) is 0 Å². The van der Waals surface area contributed by atoms with Gasteiger partial charge in [0.25, 0.3) is 0 Å². The van der Waals surface area contributed by atoms with Crippen LogP contribution in [0, 0.1) is 0 Å². The van der Waals surface area contributed by atoms with Crippen LogP contribution >= 0.6 is 0 Å². The van der Waals surface area contributed by atoms with Gasteiger partial charge in [0, 0.05) is 13.1 Å². The number of hydrogen-bond acceptors (Lipinski definition) is 5. The molecule has 0 spiro atoms. The van der Waals surface area contributed by atoms with Crippen LogP contribution in [0.4, 0.5) is 0 Å². The van der Waals surface area contributed by atoms with Crippen molar-refractivity contribution >= 4 is 19.9 Å². The van der Waals surface area contributed by atoms with E-state index in [0.717, 1.165) is 13.0 Å². The lowest BCUT2D eigenvalue weighted by Gasteiger charge is -2.19. The maximum absolute atomic E-state index is 12.0. The third kappa shape index (κ3) is 5.21. The van der Waals surface area contributed by atoms with Crippen molar-refractivity contribution in [3.63, 3.8) is 0 Å². The average Bonchev–Trinajstić information content (AvgIpc) is 2.46. The maximum atomic E-state index is 12.0. The molecular weight excluding hydrogens is 276 g/mol. The molecule has 0 amide bonds. The standard InChI is InChI=1S/C10H22N2O4S2/c1-11-5-2-3-9-18(15,16)12-6-4-8-17(13,14)10-7-12/h11H,2-10H2,1H3. The van der Waals surface area contributed by atoms with Gasteiger partial charge in [0.15, 0.2) is 9.84 Å². The third-order valence-electron chi connectivity index (χ3n) is 2.99. The minimum atomic E-state index is -3.30. The van der Waals surface area contributed by atoms with E-state index in [0.29, 0.717) is 19.4 Å². The van der Waals surface area contributed by atoms with E-state index in [4.69, 9.17) is 0 Å². The molecule has 0 bridgehead atoms. The monoisotopic (exact) mass is 298 g/mol. The Kier molecular flexibility index (Phi) is 6.03. The summed E-state index contributed by atoms with van der Waals surface area (Å²) in [5.74, 6) is 0.149. The molecule has 0 atom stereocenters. The van der Waals surface area contributed by atoms with Gasteiger partial charge >= 0.3 is 0 Å². The minimum absolute atomic E-state index is 0.0528. The van der Waals surface area contributed by atoms with Crippen LogP contribution in [0.15, 0.2) is 0 Å². The van der Waals surface area contributed by atoms with Crippen molar-refractivity contribution in [2.75, 3.05) is 43.9 Å². The Balaban J connectivity index is 2.51. The summed E-state index contributed by atoms with van der Waals surface area (Å²) in [7, 11) is -4.53. The zero-order chi connectivity index (χ0) is 13.6. The van der Waals surface area contributed by atoms with Crippen molar-refractivity contribution in [2.24, 2.45) is 0 Å². The number of sulfonamides is 1. The molecule has 1 aliphatic heterocycles. The van der Waals surface area contributed by atoms with Gasteiger partial charge in [0.1, 0.15) is 0 Å². The zero-order valence-corrected chi connectivity index (χ0v) is 12.4. The molecule has 0 aromatic rings. The summed E-state index contributed by atoms with van der Waals surface area (Å²) in [6, 6.07) is 0. The van der Waals surface area contributed by atoms with Crippen molar-refractivity contribution in [1.82, 2.24) is 9.62 Å². The van der Waals surface area contributed by atoms with Crippen LogP contribution in [0.3, 0.4) is 0 Å². The lowest BCUT2D eigenvalue weighted by atomic mass is 10.3. The summed E-state index contributed by atoms with van der Waals surface area (Å²) in [5.41, 5.74) is 0. The molecule has 8 heteroatoms. The summed E-state index contributed by atoms with van der Waals surface area (Å²) in [6.45, 7) is 1.23. The number of nitrogens with one attached hydrogen (secondary N) is 1. The fourth-order valence-corrected chi connectivity index (χ4v) is 4.90. The van der Waals surface area contributed by atoms with E-state index in [-0.39, 0.29) is 23.8 Å². The lowest BCUT2D eigenvalue weighted by molar-refractivity contribution is 0.433. The molecule has 0 radical (unpaired) electrons. The van der Waals surface area contributed by atoms with Crippen molar-refractivity contribution < 1.29 is 16.8 Å². The highest BCUT2D eigenvalue weighted by atomic mass is 32.2. The second kappa shape index (κ2) is 6.83. The first-order chi connectivity index (χ1) is 8.37. The topological polar surface area (TPSA) is 83.6 Å². The largest absolute Gasteiger partial charge is 0.320 e. The molecule has 0 aliphatic carbocycles. The van der Waals surface area contributed by atoms with Crippen molar-refractivity contribution in [3.05, 3.63) is 0 Å². The molecule has 0 aromatic carbocycles. The summed E-state index contributed by atoms with van der Waals surface area (Å²) in [4.78, 5) is 0. The number of hydrogen-bond donors (Lipinski definition) is 1. The van der Waals surface area contributed by atoms with Crippen LogP contribution in [0.2, 0.25) is 0 Å². The first-order valence-electron chi connectivity index (χ1n) is 6.20. The summed E-state index contributed by atoms with van der Waals surface area (Å²) >= 11 is 0. The van der Waals surface area contributed by atoms with Crippen LogP contribution in [0.5, 0.6) is 0 Å². The predicted octanol–water partition coefficient (Wildman–Crippen LogP) is -0.564. The molecule has 1 N–H and O–H groups in total. The number of sulfone groups is 1. The Hall–Kier alpha value is -0.180. The predicted molar refractivity (Wildman–Crippen MR) is 71.8 cm³/mol. The van der Waals surface area contributed by atoms with Crippen molar-refractivity contribution in [1.29, 1.82) is 0 Å². The lowest BCUT2D eigenvalue weighted by Crippen LogP contribution is -2.35. The Bertz CT molecular complexity index is 444. The first kappa shape index (κ1) is 15.9. The SMILES string of the molecule is CNCCCCS(=O)(=O)N1CCCS(=O)(=O)CC1. The van der Waals surface area contributed by atoms with E-state index in [1.807, 2.05) is 7.05 Å². The quantitative estimate of drug-likeness (QED) is 0.664. The highest BCUT2D eigenvalue weighted by Gasteiger charge is 2.26. The molecule has 1 rings (SSSR count). The van der Waals surface area contributed by atoms with E-state index in [1.165, 1.54) is 4.31 Å². The van der Waals surface area contributed by atoms with Crippen LogP contribution < -0.4 is 5.32 Å². The summed E-state index contributed by atoms with van der Waals surface area (Å²) < 4.78 is 48.2. The average molecular weight is 298 g/mol. The minimum Gasteiger partial charge on any atom is -0.320 e.